The number of carbonyl (C=O) groups is 1. The minimum Gasteiger partial charge on any atom is -0.393 e. The molecule has 0 radical (unpaired) electrons. The number of carbonyl (C=O) groups excluding carboxylic acids is 1. The summed E-state index contributed by atoms with van der Waals surface area (Å²) >= 11 is 4.80. The van der Waals surface area contributed by atoms with Gasteiger partial charge in [-0.15, -0.1) is 0 Å². The molecular formula is C11H22N2O4S. The fourth-order valence-corrected chi connectivity index (χ4v) is 1.29. The van der Waals surface area contributed by atoms with Crippen LogP contribution in [0, 0.1) is 0 Å². The Morgan fingerprint density at radius 1 is 1.17 bits per heavy atom. The lowest BCUT2D eigenvalue weighted by atomic mass is 10.3. The van der Waals surface area contributed by atoms with E-state index in [1.807, 2.05) is 0 Å². The van der Waals surface area contributed by atoms with Crippen LogP contribution in [0.3, 0.4) is 0 Å². The predicted octanol–water partition coefficient (Wildman–Crippen LogP) is -0.199. The molecule has 0 bridgehead atoms. The average molecular weight is 278 g/mol. The Labute approximate surface area is 113 Å². The summed E-state index contributed by atoms with van der Waals surface area (Å²) in [5.74, 6) is -0.0978. The summed E-state index contributed by atoms with van der Waals surface area (Å²) in [5, 5.41) is 0. The Morgan fingerprint density at radius 3 is 2.39 bits per heavy atom. The molecule has 6 nitrogen and oxygen atoms in total. The van der Waals surface area contributed by atoms with Crippen molar-refractivity contribution in [2.24, 2.45) is 5.73 Å². The number of amides is 1. The minimum absolute atomic E-state index is 0.0322. The average Bonchev–Trinajstić information content (AvgIpc) is 2.34. The van der Waals surface area contributed by atoms with Crippen molar-refractivity contribution in [1.29, 1.82) is 0 Å². The van der Waals surface area contributed by atoms with Gasteiger partial charge in [0.2, 0.25) is 5.91 Å². The minimum atomic E-state index is -0.0978. The molecule has 0 aliphatic heterocycles. The summed E-state index contributed by atoms with van der Waals surface area (Å²) in [7, 11) is 3.17. The van der Waals surface area contributed by atoms with Gasteiger partial charge in [-0.1, -0.05) is 12.2 Å². The smallest absolute Gasteiger partial charge is 0.248 e. The predicted molar refractivity (Wildman–Crippen MR) is 72.6 cm³/mol. The maximum atomic E-state index is 11.8. The third kappa shape index (κ3) is 9.29. The zero-order valence-electron chi connectivity index (χ0n) is 11.0. The molecule has 7 heteroatoms. The maximum absolute atomic E-state index is 11.8. The third-order valence-electron chi connectivity index (χ3n) is 2.20. The van der Waals surface area contributed by atoms with Crippen LogP contribution in [0.5, 0.6) is 0 Å². The van der Waals surface area contributed by atoms with Gasteiger partial charge in [0.25, 0.3) is 0 Å². The molecular weight excluding hydrogens is 256 g/mol. The highest BCUT2D eigenvalue weighted by Gasteiger charge is 2.13. The molecule has 18 heavy (non-hydrogen) atoms. The van der Waals surface area contributed by atoms with Gasteiger partial charge in [-0.2, -0.15) is 0 Å². The van der Waals surface area contributed by atoms with Crippen molar-refractivity contribution in [2.45, 2.75) is 6.42 Å². The Balaban J connectivity index is 4.00. The van der Waals surface area contributed by atoms with Crippen LogP contribution in [0.15, 0.2) is 0 Å². The van der Waals surface area contributed by atoms with Crippen molar-refractivity contribution in [2.75, 3.05) is 53.7 Å². The van der Waals surface area contributed by atoms with Gasteiger partial charge >= 0.3 is 0 Å². The molecule has 0 aliphatic carbocycles. The molecule has 0 aliphatic rings. The highest BCUT2D eigenvalue weighted by atomic mass is 32.1. The number of ether oxygens (including phenoxy) is 3. The molecule has 0 rings (SSSR count). The molecule has 0 saturated carbocycles. The molecule has 1 amide bonds. The van der Waals surface area contributed by atoms with E-state index in [1.54, 1.807) is 19.1 Å². The first kappa shape index (κ1) is 17.2. The fourth-order valence-electron chi connectivity index (χ4n) is 1.20. The molecule has 106 valence electrons. The Morgan fingerprint density at radius 2 is 1.83 bits per heavy atom. The van der Waals surface area contributed by atoms with E-state index in [4.69, 9.17) is 32.2 Å². The highest BCUT2D eigenvalue weighted by Crippen LogP contribution is 1.95. The monoisotopic (exact) mass is 278 g/mol. The molecule has 2 N–H and O–H groups in total. The van der Waals surface area contributed by atoms with Gasteiger partial charge in [0.1, 0.15) is 6.61 Å². The molecule has 0 saturated heterocycles. The summed E-state index contributed by atoms with van der Waals surface area (Å²) in [6.45, 7) is 2.37. The second-order valence-corrected chi connectivity index (χ2v) is 4.16. The topological polar surface area (TPSA) is 74.0 Å². The van der Waals surface area contributed by atoms with Crippen molar-refractivity contribution in [3.63, 3.8) is 0 Å². The lowest BCUT2D eigenvalue weighted by Crippen LogP contribution is -2.38. The van der Waals surface area contributed by atoms with Crippen LogP contribution in [0.4, 0.5) is 0 Å². The lowest BCUT2D eigenvalue weighted by Gasteiger charge is -2.22. The van der Waals surface area contributed by atoms with Gasteiger partial charge in [-0.3, -0.25) is 4.79 Å². The number of nitrogens with two attached hydrogens (primary N) is 1. The first-order valence-electron chi connectivity index (χ1n) is 5.73. The summed E-state index contributed by atoms with van der Waals surface area (Å²) < 4.78 is 15.0. The summed E-state index contributed by atoms with van der Waals surface area (Å²) in [6, 6.07) is 0. The van der Waals surface area contributed by atoms with Crippen molar-refractivity contribution in [3.8, 4) is 0 Å². The fraction of sp³-hybridized carbons (Fsp3) is 0.818. The van der Waals surface area contributed by atoms with E-state index in [1.165, 1.54) is 0 Å². The lowest BCUT2D eigenvalue weighted by molar-refractivity contribution is -0.137. The van der Waals surface area contributed by atoms with E-state index in [0.717, 1.165) is 0 Å². The first-order valence-corrected chi connectivity index (χ1v) is 6.14. The molecule has 0 heterocycles. The highest BCUT2D eigenvalue weighted by molar-refractivity contribution is 7.80. The largest absolute Gasteiger partial charge is 0.393 e. The number of rotatable bonds is 11. The molecule has 0 aromatic heterocycles. The molecule has 0 unspecified atom stereocenters. The summed E-state index contributed by atoms with van der Waals surface area (Å²) in [5.41, 5.74) is 5.42. The van der Waals surface area contributed by atoms with Crippen molar-refractivity contribution in [3.05, 3.63) is 0 Å². The number of thiocarbonyl (C=S) groups is 1. The summed E-state index contributed by atoms with van der Waals surface area (Å²) in [4.78, 5) is 13.9. The Bertz CT molecular complexity index is 251. The Hall–Kier alpha value is -0.760. The van der Waals surface area contributed by atoms with Crippen LogP contribution in [-0.2, 0) is 19.0 Å². The maximum Gasteiger partial charge on any atom is 0.248 e. The molecule has 0 atom stereocenters. The van der Waals surface area contributed by atoms with Gasteiger partial charge in [-0.05, 0) is 0 Å². The SMILES string of the molecule is COCCOCC(=O)N(CCOC)CCC(N)=S. The zero-order valence-corrected chi connectivity index (χ0v) is 11.8. The van der Waals surface area contributed by atoms with E-state index in [9.17, 15) is 4.79 Å². The number of methoxy groups -OCH3 is 2. The van der Waals surface area contributed by atoms with Crippen molar-refractivity contribution in [1.82, 2.24) is 4.90 Å². The summed E-state index contributed by atoms with van der Waals surface area (Å²) in [6.07, 6.45) is 0.503. The quantitative estimate of drug-likeness (QED) is 0.417. The number of hydrogen-bond acceptors (Lipinski definition) is 5. The van der Waals surface area contributed by atoms with E-state index in [0.29, 0.717) is 44.3 Å². The third-order valence-corrected chi connectivity index (χ3v) is 2.41. The van der Waals surface area contributed by atoms with Crippen molar-refractivity contribution >= 4 is 23.1 Å². The van der Waals surface area contributed by atoms with Crippen LogP contribution >= 0.6 is 12.2 Å². The normalized spacial score (nSPS) is 10.3. The van der Waals surface area contributed by atoms with E-state index >= 15 is 0 Å². The zero-order chi connectivity index (χ0) is 13.8. The van der Waals surface area contributed by atoms with Gasteiger partial charge in [0.05, 0.1) is 24.8 Å². The van der Waals surface area contributed by atoms with Gasteiger partial charge in [-0.25, -0.2) is 0 Å². The van der Waals surface area contributed by atoms with Crippen LogP contribution in [0.25, 0.3) is 0 Å². The van der Waals surface area contributed by atoms with E-state index in [-0.39, 0.29) is 12.5 Å². The molecule has 0 aromatic carbocycles. The molecule has 0 aromatic rings. The first-order chi connectivity index (χ1) is 8.61. The molecule has 0 spiro atoms. The second kappa shape index (κ2) is 11.3. The molecule has 0 fully saturated rings. The number of hydrogen-bond donors (Lipinski definition) is 1. The van der Waals surface area contributed by atoms with Crippen LogP contribution in [0.2, 0.25) is 0 Å². The van der Waals surface area contributed by atoms with Crippen LogP contribution < -0.4 is 5.73 Å². The van der Waals surface area contributed by atoms with Crippen molar-refractivity contribution < 1.29 is 19.0 Å². The van der Waals surface area contributed by atoms with Gasteiger partial charge in [0, 0.05) is 33.7 Å². The van der Waals surface area contributed by atoms with Crippen LogP contribution in [-0.4, -0.2) is 69.5 Å². The van der Waals surface area contributed by atoms with Crippen LogP contribution in [0.1, 0.15) is 6.42 Å². The second-order valence-electron chi connectivity index (χ2n) is 3.64. The standard InChI is InChI=1S/C11H22N2O4S/c1-15-6-5-13(4-3-10(12)18)11(14)9-17-8-7-16-2/h3-9H2,1-2H3,(H2,12,18). The van der Waals surface area contributed by atoms with Gasteiger partial charge < -0.3 is 24.8 Å². The number of nitrogens with zero attached hydrogens (tertiary/aromatic N) is 1. The Kier molecular flexibility index (Phi) is 10.9. The van der Waals surface area contributed by atoms with E-state index < -0.39 is 0 Å². The van der Waals surface area contributed by atoms with E-state index in [2.05, 4.69) is 0 Å². The van der Waals surface area contributed by atoms with Gasteiger partial charge in [0.15, 0.2) is 0 Å².